The molecule has 35 heavy (non-hydrogen) atoms. The first-order valence-corrected chi connectivity index (χ1v) is 11.6. The van der Waals surface area contributed by atoms with Gasteiger partial charge in [-0.2, -0.15) is 0 Å². The molecule has 2 aliphatic rings. The van der Waals surface area contributed by atoms with Crippen molar-refractivity contribution in [2.24, 2.45) is 0 Å². The van der Waals surface area contributed by atoms with Gasteiger partial charge in [0.2, 0.25) is 24.1 Å². The third-order valence-electron chi connectivity index (χ3n) is 6.06. The molecule has 10 heteroatoms. The van der Waals surface area contributed by atoms with Crippen molar-refractivity contribution in [3.63, 3.8) is 0 Å². The molecule has 0 radical (unpaired) electrons. The van der Waals surface area contributed by atoms with Gasteiger partial charge in [-0.3, -0.25) is 24.1 Å². The molecule has 0 spiro atoms. The standard InChI is InChI=1S/C25H29N5O5/c31-18-29-14-12-28(13-15-29)17-24(33)30-11-10-26-25(34)22(30)16-23(32)27-19-6-8-21(9-7-19)35-20-4-2-1-3-5-20/h1-9,18,22H,10-17H2,(H,26,34)(H,27,32). The van der Waals surface area contributed by atoms with E-state index in [1.807, 2.05) is 35.2 Å². The average Bonchev–Trinajstić information content (AvgIpc) is 2.87. The van der Waals surface area contributed by atoms with Crippen LogP contribution in [0.5, 0.6) is 11.5 Å². The van der Waals surface area contributed by atoms with Crippen LogP contribution in [0.2, 0.25) is 0 Å². The summed E-state index contributed by atoms with van der Waals surface area (Å²) >= 11 is 0. The molecule has 2 saturated heterocycles. The molecule has 4 rings (SSSR count). The van der Waals surface area contributed by atoms with E-state index in [1.54, 1.807) is 29.2 Å². The van der Waals surface area contributed by atoms with Crippen LogP contribution in [0.1, 0.15) is 6.42 Å². The van der Waals surface area contributed by atoms with Crippen molar-refractivity contribution in [1.29, 1.82) is 0 Å². The number of amides is 4. The molecule has 2 heterocycles. The molecule has 2 aromatic carbocycles. The summed E-state index contributed by atoms with van der Waals surface area (Å²) in [6.07, 6.45) is 0.672. The summed E-state index contributed by atoms with van der Waals surface area (Å²) in [4.78, 5) is 54.2. The predicted molar refractivity (Wildman–Crippen MR) is 129 cm³/mol. The number of nitrogens with one attached hydrogen (secondary N) is 2. The molecular weight excluding hydrogens is 450 g/mol. The summed E-state index contributed by atoms with van der Waals surface area (Å²) in [5.41, 5.74) is 0.567. The van der Waals surface area contributed by atoms with Crippen molar-refractivity contribution in [2.45, 2.75) is 12.5 Å². The molecule has 184 valence electrons. The maximum absolute atomic E-state index is 13.0. The van der Waals surface area contributed by atoms with Crippen LogP contribution < -0.4 is 15.4 Å². The Balaban J connectivity index is 1.31. The number of hydrogen-bond acceptors (Lipinski definition) is 6. The number of anilines is 1. The zero-order valence-corrected chi connectivity index (χ0v) is 19.4. The van der Waals surface area contributed by atoms with Crippen LogP contribution in [-0.2, 0) is 19.2 Å². The van der Waals surface area contributed by atoms with Crippen molar-refractivity contribution in [1.82, 2.24) is 20.0 Å². The zero-order chi connectivity index (χ0) is 24.6. The maximum atomic E-state index is 13.0. The van der Waals surface area contributed by atoms with Crippen LogP contribution in [0.3, 0.4) is 0 Å². The number of benzene rings is 2. The van der Waals surface area contributed by atoms with Gasteiger partial charge in [-0.05, 0) is 36.4 Å². The van der Waals surface area contributed by atoms with Crippen molar-refractivity contribution >= 4 is 29.8 Å². The summed E-state index contributed by atoms with van der Waals surface area (Å²) in [7, 11) is 0. The van der Waals surface area contributed by atoms with Crippen molar-refractivity contribution in [3.8, 4) is 11.5 Å². The second kappa shape index (κ2) is 11.5. The van der Waals surface area contributed by atoms with Crippen LogP contribution in [0, 0.1) is 0 Å². The van der Waals surface area contributed by atoms with Crippen LogP contribution in [0.4, 0.5) is 5.69 Å². The molecule has 2 aliphatic heterocycles. The molecule has 4 amide bonds. The second-order valence-corrected chi connectivity index (χ2v) is 8.50. The Bertz CT molecular complexity index is 1040. The lowest BCUT2D eigenvalue weighted by Crippen LogP contribution is -2.60. The van der Waals surface area contributed by atoms with Crippen LogP contribution >= 0.6 is 0 Å². The minimum absolute atomic E-state index is 0.140. The Morgan fingerprint density at radius 1 is 0.971 bits per heavy atom. The summed E-state index contributed by atoms with van der Waals surface area (Å²) in [6.45, 7) is 3.18. The van der Waals surface area contributed by atoms with E-state index < -0.39 is 6.04 Å². The van der Waals surface area contributed by atoms with E-state index in [-0.39, 0.29) is 30.7 Å². The molecule has 0 aliphatic carbocycles. The Morgan fingerprint density at radius 3 is 2.34 bits per heavy atom. The summed E-state index contributed by atoms with van der Waals surface area (Å²) in [6, 6.07) is 15.4. The lowest BCUT2D eigenvalue weighted by Gasteiger charge is -2.37. The quantitative estimate of drug-likeness (QED) is 0.545. The van der Waals surface area contributed by atoms with E-state index in [2.05, 4.69) is 10.6 Å². The predicted octanol–water partition coefficient (Wildman–Crippen LogP) is 0.909. The van der Waals surface area contributed by atoms with E-state index in [9.17, 15) is 19.2 Å². The second-order valence-electron chi connectivity index (χ2n) is 8.50. The number of carbonyl (C=O) groups excluding carboxylic acids is 4. The highest BCUT2D eigenvalue weighted by Gasteiger charge is 2.35. The number of para-hydroxylation sites is 1. The third-order valence-corrected chi connectivity index (χ3v) is 6.06. The molecule has 2 fully saturated rings. The van der Waals surface area contributed by atoms with Crippen molar-refractivity contribution < 1.29 is 23.9 Å². The van der Waals surface area contributed by atoms with Gasteiger partial charge in [-0.15, -0.1) is 0 Å². The topological polar surface area (TPSA) is 111 Å². The van der Waals surface area contributed by atoms with Gasteiger partial charge in [0.05, 0.1) is 13.0 Å². The van der Waals surface area contributed by atoms with Crippen LogP contribution in [0.15, 0.2) is 54.6 Å². The van der Waals surface area contributed by atoms with Crippen molar-refractivity contribution in [3.05, 3.63) is 54.6 Å². The Labute approximate surface area is 203 Å². The van der Waals surface area contributed by atoms with Gasteiger partial charge in [0.25, 0.3) is 0 Å². The van der Waals surface area contributed by atoms with E-state index in [1.165, 1.54) is 4.90 Å². The number of hydrogen-bond donors (Lipinski definition) is 2. The highest BCUT2D eigenvalue weighted by atomic mass is 16.5. The summed E-state index contributed by atoms with van der Waals surface area (Å²) < 4.78 is 5.76. The van der Waals surface area contributed by atoms with E-state index in [0.29, 0.717) is 56.5 Å². The fourth-order valence-electron chi connectivity index (χ4n) is 4.14. The fraction of sp³-hybridized carbons (Fsp3) is 0.360. The molecule has 0 bridgehead atoms. The van der Waals surface area contributed by atoms with Gasteiger partial charge in [-0.25, -0.2) is 0 Å². The SMILES string of the molecule is O=CN1CCN(CC(=O)N2CCNC(=O)C2CC(=O)Nc2ccc(Oc3ccccc3)cc2)CC1. The van der Waals surface area contributed by atoms with Gasteiger partial charge in [0, 0.05) is 45.0 Å². The number of carbonyl (C=O) groups is 4. The molecular formula is C25H29N5O5. The first-order valence-electron chi connectivity index (χ1n) is 11.6. The number of rotatable bonds is 8. The normalized spacial score (nSPS) is 18.5. The Morgan fingerprint density at radius 2 is 1.66 bits per heavy atom. The van der Waals surface area contributed by atoms with E-state index in [4.69, 9.17) is 4.74 Å². The maximum Gasteiger partial charge on any atom is 0.243 e. The van der Waals surface area contributed by atoms with Gasteiger partial charge < -0.3 is 25.2 Å². The molecule has 2 aromatic rings. The Kier molecular flexibility index (Phi) is 7.94. The van der Waals surface area contributed by atoms with Crippen LogP contribution in [-0.4, -0.2) is 90.7 Å². The van der Waals surface area contributed by atoms with Gasteiger partial charge >= 0.3 is 0 Å². The first kappa shape index (κ1) is 24.2. The van der Waals surface area contributed by atoms with Crippen LogP contribution in [0.25, 0.3) is 0 Å². The molecule has 0 aromatic heterocycles. The first-order chi connectivity index (χ1) is 17.0. The minimum Gasteiger partial charge on any atom is -0.457 e. The zero-order valence-electron chi connectivity index (χ0n) is 19.4. The number of ether oxygens (including phenoxy) is 1. The molecule has 1 atom stereocenters. The summed E-state index contributed by atoms with van der Waals surface area (Å²) in [5.74, 6) is 0.451. The molecule has 0 saturated carbocycles. The molecule has 2 N–H and O–H groups in total. The fourth-order valence-corrected chi connectivity index (χ4v) is 4.14. The average molecular weight is 480 g/mol. The van der Waals surface area contributed by atoms with Gasteiger partial charge in [-0.1, -0.05) is 18.2 Å². The van der Waals surface area contributed by atoms with Gasteiger partial charge in [0.15, 0.2) is 0 Å². The smallest absolute Gasteiger partial charge is 0.243 e. The largest absolute Gasteiger partial charge is 0.457 e. The monoisotopic (exact) mass is 479 g/mol. The van der Waals surface area contributed by atoms with E-state index in [0.717, 1.165) is 6.41 Å². The highest BCUT2D eigenvalue weighted by molar-refractivity contribution is 5.97. The lowest BCUT2D eigenvalue weighted by atomic mass is 10.1. The minimum atomic E-state index is -0.867. The Hall–Kier alpha value is -3.92. The molecule has 1 unspecified atom stereocenters. The number of piperazine rings is 2. The molecule has 10 nitrogen and oxygen atoms in total. The van der Waals surface area contributed by atoms with E-state index >= 15 is 0 Å². The third kappa shape index (κ3) is 6.57. The number of nitrogens with zero attached hydrogens (tertiary/aromatic N) is 3. The lowest BCUT2D eigenvalue weighted by molar-refractivity contribution is -0.145. The van der Waals surface area contributed by atoms with Gasteiger partial charge in [0.1, 0.15) is 17.5 Å². The van der Waals surface area contributed by atoms with Crippen molar-refractivity contribution in [2.75, 3.05) is 51.1 Å². The summed E-state index contributed by atoms with van der Waals surface area (Å²) in [5, 5.41) is 5.54. The highest BCUT2D eigenvalue weighted by Crippen LogP contribution is 2.23.